The zero-order valence-corrected chi connectivity index (χ0v) is 11.5. The highest BCUT2D eigenvalue weighted by atomic mass is 32.1. The zero-order chi connectivity index (χ0) is 12.5. The van der Waals surface area contributed by atoms with Gasteiger partial charge in [0, 0.05) is 25.2 Å². The minimum atomic E-state index is 0.263. The average Bonchev–Trinajstić information content (AvgIpc) is 3.11. The van der Waals surface area contributed by atoms with Crippen LogP contribution in [0.5, 0.6) is 0 Å². The second kappa shape index (κ2) is 5.03. The summed E-state index contributed by atoms with van der Waals surface area (Å²) < 4.78 is 10.0. The minimum absolute atomic E-state index is 0.263. The number of rotatable bonds is 4. The summed E-state index contributed by atoms with van der Waals surface area (Å²) in [6.07, 6.45) is 2.76. The van der Waals surface area contributed by atoms with E-state index in [2.05, 4.69) is 21.6 Å². The zero-order valence-electron chi connectivity index (χ0n) is 10.7. The lowest BCUT2D eigenvalue weighted by Gasteiger charge is -2.30. The first kappa shape index (κ1) is 12.2. The summed E-state index contributed by atoms with van der Waals surface area (Å²) in [5.41, 5.74) is 7.17. The van der Waals surface area contributed by atoms with E-state index in [0.29, 0.717) is 11.7 Å². The highest BCUT2D eigenvalue weighted by Crippen LogP contribution is 2.47. The molecule has 6 heteroatoms. The van der Waals surface area contributed by atoms with Crippen LogP contribution >= 0.6 is 11.5 Å². The van der Waals surface area contributed by atoms with Gasteiger partial charge in [-0.25, -0.2) is 0 Å². The van der Waals surface area contributed by atoms with Crippen LogP contribution < -0.4 is 11.1 Å². The second-order valence-corrected chi connectivity index (χ2v) is 5.99. The Kier molecular flexibility index (Phi) is 3.41. The van der Waals surface area contributed by atoms with Gasteiger partial charge in [0.05, 0.1) is 12.7 Å². The molecular formula is C12H20N4OS. The van der Waals surface area contributed by atoms with Crippen LogP contribution in [-0.4, -0.2) is 48.7 Å². The lowest BCUT2D eigenvalue weighted by molar-refractivity contribution is -0.0116. The second-order valence-electron chi connectivity index (χ2n) is 5.22. The third-order valence-corrected chi connectivity index (χ3v) is 4.41. The molecule has 0 radical (unpaired) electrons. The standard InChI is InChI=1S/C12H20N4OS/c1-16-4-5-17-9(7-16)6-14-12-10(8-2-3-8)11(13)15-18-12/h8-9,14H,2-7H2,1H3,(H2,13,15). The van der Waals surface area contributed by atoms with Crippen LogP contribution in [0, 0.1) is 0 Å². The summed E-state index contributed by atoms with van der Waals surface area (Å²) in [6.45, 7) is 3.67. The number of morpholine rings is 1. The quantitative estimate of drug-likeness (QED) is 0.863. The minimum Gasteiger partial charge on any atom is -0.383 e. The van der Waals surface area contributed by atoms with Gasteiger partial charge in [-0.2, -0.15) is 4.37 Å². The summed E-state index contributed by atoms with van der Waals surface area (Å²) >= 11 is 1.48. The molecule has 2 aliphatic rings. The molecule has 0 aromatic carbocycles. The maximum absolute atomic E-state index is 5.93. The van der Waals surface area contributed by atoms with Crippen molar-refractivity contribution in [2.24, 2.45) is 0 Å². The molecule has 0 spiro atoms. The van der Waals surface area contributed by atoms with Gasteiger partial charge in [0.1, 0.15) is 10.8 Å². The van der Waals surface area contributed by atoms with E-state index in [1.165, 1.54) is 29.9 Å². The molecule has 100 valence electrons. The van der Waals surface area contributed by atoms with Crippen LogP contribution in [0.3, 0.4) is 0 Å². The number of nitrogen functional groups attached to an aromatic ring is 1. The largest absolute Gasteiger partial charge is 0.383 e. The Morgan fingerprint density at radius 2 is 2.39 bits per heavy atom. The van der Waals surface area contributed by atoms with Crippen molar-refractivity contribution in [3.63, 3.8) is 0 Å². The van der Waals surface area contributed by atoms with Gasteiger partial charge < -0.3 is 20.7 Å². The molecule has 1 unspecified atom stereocenters. The monoisotopic (exact) mass is 268 g/mol. The lowest BCUT2D eigenvalue weighted by atomic mass is 10.2. The number of ether oxygens (including phenoxy) is 1. The van der Waals surface area contributed by atoms with E-state index in [9.17, 15) is 0 Å². The fraction of sp³-hybridized carbons (Fsp3) is 0.750. The van der Waals surface area contributed by atoms with Crippen molar-refractivity contribution >= 4 is 22.4 Å². The Morgan fingerprint density at radius 1 is 1.56 bits per heavy atom. The summed E-state index contributed by atoms with van der Waals surface area (Å²) in [4.78, 5) is 2.30. The predicted octanol–water partition coefficient (Wildman–Crippen LogP) is 1.35. The molecule has 18 heavy (non-hydrogen) atoms. The average molecular weight is 268 g/mol. The van der Waals surface area contributed by atoms with Crippen molar-refractivity contribution in [3.05, 3.63) is 5.56 Å². The van der Waals surface area contributed by atoms with Crippen LogP contribution in [0.1, 0.15) is 24.3 Å². The van der Waals surface area contributed by atoms with Crippen LogP contribution in [0.4, 0.5) is 10.8 Å². The van der Waals surface area contributed by atoms with Crippen LogP contribution in [0.25, 0.3) is 0 Å². The molecule has 3 N–H and O–H groups in total. The maximum atomic E-state index is 5.93. The molecule has 2 fully saturated rings. The molecule has 1 atom stereocenters. The fourth-order valence-electron chi connectivity index (χ4n) is 2.40. The number of hydrogen-bond acceptors (Lipinski definition) is 6. The number of hydrogen-bond donors (Lipinski definition) is 2. The van der Waals surface area contributed by atoms with Crippen molar-refractivity contribution in [1.29, 1.82) is 0 Å². The summed E-state index contributed by atoms with van der Waals surface area (Å²) in [5, 5.41) is 4.62. The fourth-order valence-corrected chi connectivity index (χ4v) is 3.21. The molecule has 5 nitrogen and oxygen atoms in total. The van der Waals surface area contributed by atoms with Crippen molar-refractivity contribution in [2.75, 3.05) is 44.3 Å². The number of aromatic nitrogens is 1. The van der Waals surface area contributed by atoms with Gasteiger partial charge in [-0.05, 0) is 37.3 Å². The molecule has 1 aromatic rings. The van der Waals surface area contributed by atoms with E-state index in [1.54, 1.807) is 0 Å². The number of anilines is 2. The Hall–Kier alpha value is -0.850. The highest BCUT2D eigenvalue weighted by Gasteiger charge is 2.30. The SMILES string of the molecule is CN1CCOC(CNc2snc(N)c2C2CC2)C1. The molecule has 1 aliphatic carbocycles. The van der Waals surface area contributed by atoms with E-state index >= 15 is 0 Å². The number of nitrogens with one attached hydrogen (secondary N) is 1. The molecule has 2 heterocycles. The number of nitrogens with two attached hydrogens (primary N) is 1. The van der Waals surface area contributed by atoms with Gasteiger partial charge in [-0.3, -0.25) is 0 Å². The molecule has 1 saturated heterocycles. The van der Waals surface area contributed by atoms with Crippen molar-refractivity contribution in [3.8, 4) is 0 Å². The molecule has 0 bridgehead atoms. The third-order valence-electron chi connectivity index (χ3n) is 3.57. The van der Waals surface area contributed by atoms with Gasteiger partial charge in [0.25, 0.3) is 0 Å². The van der Waals surface area contributed by atoms with E-state index in [4.69, 9.17) is 10.5 Å². The van der Waals surface area contributed by atoms with Gasteiger partial charge in [0.15, 0.2) is 0 Å². The third kappa shape index (κ3) is 2.60. The molecule has 3 rings (SSSR count). The van der Waals surface area contributed by atoms with Crippen LogP contribution in [0.15, 0.2) is 0 Å². The molecule has 1 aromatic heterocycles. The van der Waals surface area contributed by atoms with E-state index in [-0.39, 0.29) is 6.10 Å². The van der Waals surface area contributed by atoms with Gasteiger partial charge in [-0.1, -0.05) is 0 Å². The summed E-state index contributed by atoms with van der Waals surface area (Å²) in [6, 6.07) is 0. The molecule has 0 amide bonds. The molecule has 1 saturated carbocycles. The normalized spacial score (nSPS) is 25.3. The smallest absolute Gasteiger partial charge is 0.142 e. The van der Waals surface area contributed by atoms with Gasteiger partial charge >= 0.3 is 0 Å². The Morgan fingerprint density at radius 3 is 3.11 bits per heavy atom. The number of likely N-dealkylation sites (N-methyl/N-ethyl adjacent to an activating group) is 1. The molecule has 1 aliphatic heterocycles. The van der Waals surface area contributed by atoms with Crippen molar-refractivity contribution in [1.82, 2.24) is 9.27 Å². The Labute approximate surface area is 111 Å². The first-order valence-corrected chi connectivity index (χ1v) is 7.30. The first-order valence-electron chi connectivity index (χ1n) is 6.53. The first-order chi connectivity index (χ1) is 8.74. The van der Waals surface area contributed by atoms with Gasteiger partial charge in [-0.15, -0.1) is 0 Å². The number of nitrogens with zero attached hydrogens (tertiary/aromatic N) is 2. The summed E-state index contributed by atoms with van der Waals surface area (Å²) in [5.74, 6) is 1.35. The van der Waals surface area contributed by atoms with Crippen molar-refractivity contribution in [2.45, 2.75) is 24.9 Å². The topological polar surface area (TPSA) is 63.4 Å². The summed E-state index contributed by atoms with van der Waals surface area (Å²) in [7, 11) is 2.13. The highest BCUT2D eigenvalue weighted by molar-refractivity contribution is 7.10. The van der Waals surface area contributed by atoms with Crippen LogP contribution in [0.2, 0.25) is 0 Å². The van der Waals surface area contributed by atoms with E-state index in [1.807, 2.05) is 0 Å². The maximum Gasteiger partial charge on any atom is 0.142 e. The predicted molar refractivity (Wildman–Crippen MR) is 74.2 cm³/mol. The van der Waals surface area contributed by atoms with Gasteiger partial charge in [0.2, 0.25) is 0 Å². The Bertz CT molecular complexity index is 418. The Balaban J connectivity index is 1.59. The lowest BCUT2D eigenvalue weighted by Crippen LogP contribution is -2.43. The van der Waals surface area contributed by atoms with Crippen LogP contribution in [-0.2, 0) is 4.74 Å². The van der Waals surface area contributed by atoms with E-state index in [0.717, 1.165) is 31.2 Å². The molecular weight excluding hydrogens is 248 g/mol. The van der Waals surface area contributed by atoms with Crippen molar-refractivity contribution < 1.29 is 4.74 Å². The van der Waals surface area contributed by atoms with E-state index < -0.39 is 0 Å².